The average molecular weight is 255 g/mol. The zero-order valence-corrected chi connectivity index (χ0v) is 12.0. The molecule has 0 aromatic rings. The number of ether oxygens (including phenoxy) is 1. The Morgan fingerprint density at radius 1 is 1.22 bits per heavy atom. The maximum Gasteiger partial charge on any atom is 0.0521 e. The van der Waals surface area contributed by atoms with Crippen LogP contribution < -0.4 is 5.73 Å². The van der Waals surface area contributed by atoms with Crippen molar-refractivity contribution in [2.24, 2.45) is 17.6 Å². The van der Waals surface area contributed by atoms with Gasteiger partial charge in [0.25, 0.3) is 0 Å². The molecular formula is C14H29N3O. The lowest BCUT2D eigenvalue weighted by molar-refractivity contribution is 0.0263. The number of nitrogens with two attached hydrogens (primary N) is 1. The Morgan fingerprint density at radius 2 is 1.94 bits per heavy atom. The average Bonchev–Trinajstić information content (AvgIpc) is 2.35. The predicted molar refractivity (Wildman–Crippen MR) is 74.6 cm³/mol. The third-order valence-electron chi connectivity index (χ3n) is 4.49. The van der Waals surface area contributed by atoms with Crippen LogP contribution in [0.4, 0.5) is 0 Å². The van der Waals surface area contributed by atoms with Gasteiger partial charge < -0.3 is 20.3 Å². The van der Waals surface area contributed by atoms with Gasteiger partial charge in [-0.25, -0.2) is 0 Å². The van der Waals surface area contributed by atoms with Crippen molar-refractivity contribution in [3.8, 4) is 0 Å². The van der Waals surface area contributed by atoms with Crippen LogP contribution >= 0.6 is 0 Å². The van der Waals surface area contributed by atoms with Crippen LogP contribution in [0, 0.1) is 11.8 Å². The Balaban J connectivity index is 1.69. The smallest absolute Gasteiger partial charge is 0.0521 e. The Morgan fingerprint density at radius 3 is 2.61 bits per heavy atom. The molecule has 2 heterocycles. The number of piperidine rings is 1. The second-order valence-electron chi connectivity index (χ2n) is 6.26. The maximum atomic E-state index is 6.17. The fraction of sp³-hybridized carbons (Fsp3) is 1.00. The van der Waals surface area contributed by atoms with E-state index in [-0.39, 0.29) is 0 Å². The highest BCUT2D eigenvalue weighted by Crippen LogP contribution is 2.19. The molecule has 2 fully saturated rings. The molecular weight excluding hydrogens is 226 g/mol. The van der Waals surface area contributed by atoms with Gasteiger partial charge in [-0.05, 0) is 52.4 Å². The van der Waals surface area contributed by atoms with Crippen LogP contribution in [0.25, 0.3) is 0 Å². The normalized spacial score (nSPS) is 32.0. The molecule has 0 radical (unpaired) electrons. The Kier molecular flexibility index (Phi) is 5.42. The van der Waals surface area contributed by atoms with Crippen molar-refractivity contribution in [2.45, 2.75) is 25.3 Å². The van der Waals surface area contributed by atoms with Crippen LogP contribution in [0.15, 0.2) is 0 Å². The van der Waals surface area contributed by atoms with E-state index >= 15 is 0 Å². The van der Waals surface area contributed by atoms with E-state index in [1.165, 1.54) is 32.5 Å². The lowest BCUT2D eigenvalue weighted by Crippen LogP contribution is -2.45. The van der Waals surface area contributed by atoms with E-state index in [0.717, 1.165) is 32.1 Å². The number of hydrogen-bond donors (Lipinski definition) is 1. The molecule has 0 amide bonds. The summed E-state index contributed by atoms with van der Waals surface area (Å²) in [5.74, 6) is 1.39. The minimum Gasteiger partial charge on any atom is -0.381 e. The number of hydrogen-bond acceptors (Lipinski definition) is 4. The van der Waals surface area contributed by atoms with E-state index in [9.17, 15) is 0 Å². The quantitative estimate of drug-likeness (QED) is 0.800. The zero-order chi connectivity index (χ0) is 13.0. The molecule has 2 saturated heterocycles. The van der Waals surface area contributed by atoms with Crippen LogP contribution in [-0.2, 0) is 4.74 Å². The lowest BCUT2D eigenvalue weighted by atomic mass is 9.94. The molecule has 0 aromatic heterocycles. The first kappa shape index (κ1) is 14.3. The minimum atomic E-state index is 0.332. The Bertz CT molecular complexity index is 241. The highest BCUT2D eigenvalue weighted by Gasteiger charge is 2.25. The van der Waals surface area contributed by atoms with Crippen molar-refractivity contribution in [1.82, 2.24) is 9.80 Å². The summed E-state index contributed by atoms with van der Waals surface area (Å²) in [4.78, 5) is 4.90. The van der Waals surface area contributed by atoms with Gasteiger partial charge in [-0.15, -0.1) is 0 Å². The molecule has 2 aliphatic rings. The van der Waals surface area contributed by atoms with Crippen molar-refractivity contribution >= 4 is 0 Å². The van der Waals surface area contributed by atoms with E-state index in [1.54, 1.807) is 0 Å². The topological polar surface area (TPSA) is 41.7 Å². The van der Waals surface area contributed by atoms with Crippen molar-refractivity contribution in [3.05, 3.63) is 0 Å². The summed E-state index contributed by atoms with van der Waals surface area (Å²) in [7, 11) is 4.46. The van der Waals surface area contributed by atoms with Crippen LogP contribution in [0.1, 0.15) is 19.3 Å². The van der Waals surface area contributed by atoms with E-state index in [1.807, 2.05) is 0 Å². The van der Waals surface area contributed by atoms with Crippen LogP contribution in [0.2, 0.25) is 0 Å². The third kappa shape index (κ3) is 4.19. The predicted octanol–water partition coefficient (Wildman–Crippen LogP) is 0.624. The number of rotatable bonds is 4. The summed E-state index contributed by atoms with van der Waals surface area (Å²) in [6, 6.07) is 0.332. The third-order valence-corrected chi connectivity index (χ3v) is 4.49. The van der Waals surface area contributed by atoms with Gasteiger partial charge >= 0.3 is 0 Å². The molecule has 2 atom stereocenters. The van der Waals surface area contributed by atoms with Crippen LogP contribution in [0.5, 0.6) is 0 Å². The molecule has 0 bridgehead atoms. The van der Waals surface area contributed by atoms with Gasteiger partial charge in [0.15, 0.2) is 0 Å². The molecule has 0 aliphatic carbocycles. The molecule has 2 aliphatic heterocycles. The molecule has 4 nitrogen and oxygen atoms in total. The second-order valence-corrected chi connectivity index (χ2v) is 6.26. The Labute approximate surface area is 111 Å². The minimum absolute atomic E-state index is 0.332. The molecule has 0 aromatic carbocycles. The summed E-state index contributed by atoms with van der Waals surface area (Å²) >= 11 is 0. The van der Waals surface area contributed by atoms with Gasteiger partial charge in [0.1, 0.15) is 0 Å². The van der Waals surface area contributed by atoms with Gasteiger partial charge in [-0.3, -0.25) is 0 Å². The van der Waals surface area contributed by atoms with E-state index in [4.69, 9.17) is 10.5 Å². The summed E-state index contributed by atoms with van der Waals surface area (Å²) in [6.07, 6.45) is 3.70. The summed E-state index contributed by atoms with van der Waals surface area (Å²) in [5, 5.41) is 0. The SMILES string of the molecule is CN1CCC(CN(C)CC2COCCC2N)CC1. The van der Waals surface area contributed by atoms with E-state index < -0.39 is 0 Å². The standard InChI is InChI=1S/C14H29N3O/c1-16-6-3-12(4-7-16)9-17(2)10-13-11-18-8-5-14(13)15/h12-14H,3-11,15H2,1-2H3. The number of likely N-dealkylation sites (tertiary alicyclic amines) is 1. The van der Waals surface area contributed by atoms with Gasteiger partial charge in [0.05, 0.1) is 6.61 Å². The highest BCUT2D eigenvalue weighted by molar-refractivity contribution is 4.80. The molecule has 0 saturated carbocycles. The fourth-order valence-electron chi connectivity index (χ4n) is 3.16. The zero-order valence-electron chi connectivity index (χ0n) is 12.0. The molecule has 2 rings (SSSR count). The monoisotopic (exact) mass is 255 g/mol. The second kappa shape index (κ2) is 6.85. The van der Waals surface area contributed by atoms with Crippen LogP contribution in [-0.4, -0.2) is 69.3 Å². The first-order valence-corrected chi connectivity index (χ1v) is 7.35. The molecule has 0 spiro atoms. The lowest BCUT2D eigenvalue weighted by Gasteiger charge is -2.35. The van der Waals surface area contributed by atoms with Crippen molar-refractivity contribution in [3.63, 3.8) is 0 Å². The van der Waals surface area contributed by atoms with Gasteiger partial charge in [0, 0.05) is 31.7 Å². The van der Waals surface area contributed by atoms with Crippen molar-refractivity contribution < 1.29 is 4.74 Å². The van der Waals surface area contributed by atoms with Gasteiger partial charge in [0.2, 0.25) is 0 Å². The highest BCUT2D eigenvalue weighted by atomic mass is 16.5. The first-order valence-electron chi connectivity index (χ1n) is 7.35. The van der Waals surface area contributed by atoms with Crippen molar-refractivity contribution in [1.29, 1.82) is 0 Å². The van der Waals surface area contributed by atoms with E-state index in [2.05, 4.69) is 23.9 Å². The maximum absolute atomic E-state index is 6.17. The van der Waals surface area contributed by atoms with Crippen LogP contribution in [0.3, 0.4) is 0 Å². The molecule has 2 unspecified atom stereocenters. The first-order chi connectivity index (χ1) is 8.65. The van der Waals surface area contributed by atoms with Crippen molar-refractivity contribution in [2.75, 3.05) is 53.5 Å². The summed E-state index contributed by atoms with van der Waals surface area (Å²) in [6.45, 7) is 6.51. The summed E-state index contributed by atoms with van der Waals surface area (Å²) < 4.78 is 5.54. The van der Waals surface area contributed by atoms with Gasteiger partial charge in [-0.2, -0.15) is 0 Å². The Hall–Kier alpha value is -0.160. The summed E-state index contributed by atoms with van der Waals surface area (Å²) in [5.41, 5.74) is 6.17. The van der Waals surface area contributed by atoms with E-state index in [0.29, 0.717) is 12.0 Å². The molecule has 4 heteroatoms. The fourth-order valence-corrected chi connectivity index (χ4v) is 3.16. The molecule has 106 valence electrons. The molecule has 2 N–H and O–H groups in total. The molecule has 18 heavy (non-hydrogen) atoms. The number of nitrogens with zero attached hydrogens (tertiary/aromatic N) is 2. The van der Waals surface area contributed by atoms with Gasteiger partial charge in [-0.1, -0.05) is 0 Å². The largest absolute Gasteiger partial charge is 0.381 e.